The Labute approximate surface area is 184 Å². The first-order valence-corrected chi connectivity index (χ1v) is 10.1. The van der Waals surface area contributed by atoms with E-state index in [4.69, 9.17) is 25.9 Å². The van der Waals surface area contributed by atoms with Crippen LogP contribution in [-0.4, -0.2) is 61.1 Å². The van der Waals surface area contributed by atoms with Gasteiger partial charge in [-0.3, -0.25) is 4.79 Å². The van der Waals surface area contributed by atoms with Gasteiger partial charge in [0.05, 0.1) is 41.1 Å². The summed E-state index contributed by atoms with van der Waals surface area (Å²) in [7, 11) is 1.44. The molecule has 1 N–H and O–H groups in total. The number of fused-ring (bicyclic) bond motifs is 1. The van der Waals surface area contributed by atoms with Crippen LogP contribution in [0.3, 0.4) is 0 Å². The van der Waals surface area contributed by atoms with E-state index in [0.29, 0.717) is 64.1 Å². The highest BCUT2D eigenvalue weighted by molar-refractivity contribution is 6.34. The minimum atomic E-state index is -0.400. The summed E-state index contributed by atoms with van der Waals surface area (Å²) in [6.07, 6.45) is 0.435. The number of benzene rings is 2. The van der Waals surface area contributed by atoms with Gasteiger partial charge in [-0.15, -0.1) is 0 Å². The van der Waals surface area contributed by atoms with Gasteiger partial charge in [0.15, 0.2) is 11.5 Å². The van der Waals surface area contributed by atoms with E-state index in [1.165, 1.54) is 7.11 Å². The van der Waals surface area contributed by atoms with Gasteiger partial charge in [0.25, 0.3) is 5.91 Å². The zero-order valence-corrected chi connectivity index (χ0v) is 17.6. The Morgan fingerprint density at radius 2 is 2.06 bits per heavy atom. The number of nitriles is 1. The first-order valence-electron chi connectivity index (χ1n) is 9.71. The van der Waals surface area contributed by atoms with Crippen LogP contribution in [-0.2, 0) is 4.84 Å². The third-order valence-electron chi connectivity index (χ3n) is 5.28. The van der Waals surface area contributed by atoms with Crippen molar-refractivity contribution < 1.29 is 24.2 Å². The Balaban J connectivity index is 1.77. The second kappa shape index (κ2) is 8.84. The number of likely N-dealkylation sites (tertiary alicyclic amines) is 1. The summed E-state index contributed by atoms with van der Waals surface area (Å²) in [4.78, 5) is 19.7. The molecular formula is C22H20ClN3O5. The number of amides is 1. The van der Waals surface area contributed by atoms with E-state index in [1.54, 1.807) is 35.2 Å². The van der Waals surface area contributed by atoms with Crippen molar-refractivity contribution in [3.63, 3.8) is 0 Å². The molecule has 0 aliphatic carbocycles. The van der Waals surface area contributed by atoms with Crippen LogP contribution in [0.1, 0.15) is 22.3 Å². The van der Waals surface area contributed by atoms with Crippen LogP contribution >= 0.6 is 11.6 Å². The molecule has 0 aromatic heterocycles. The second-order valence-corrected chi connectivity index (χ2v) is 7.49. The Bertz CT molecular complexity index is 1100. The molecule has 0 spiro atoms. The van der Waals surface area contributed by atoms with E-state index in [1.807, 2.05) is 0 Å². The van der Waals surface area contributed by atoms with Crippen LogP contribution in [0.25, 0.3) is 11.1 Å². The highest BCUT2D eigenvalue weighted by Gasteiger charge is 2.36. The summed E-state index contributed by atoms with van der Waals surface area (Å²) in [6, 6.07) is 10.2. The van der Waals surface area contributed by atoms with Gasteiger partial charge in [-0.25, -0.2) is 0 Å². The zero-order valence-electron chi connectivity index (χ0n) is 16.8. The molecule has 0 saturated carbocycles. The number of hydrogen-bond donors (Lipinski definition) is 1. The molecule has 1 fully saturated rings. The maximum atomic E-state index is 13.4. The quantitative estimate of drug-likeness (QED) is 0.731. The highest BCUT2D eigenvalue weighted by Crippen LogP contribution is 2.45. The zero-order chi connectivity index (χ0) is 22.0. The van der Waals surface area contributed by atoms with Crippen molar-refractivity contribution in [2.24, 2.45) is 5.16 Å². The molecule has 0 bridgehead atoms. The summed E-state index contributed by atoms with van der Waals surface area (Å²) in [6.45, 7) is 0.678. The summed E-state index contributed by atoms with van der Waals surface area (Å²) in [5.41, 5.74) is 2.60. The Hall–Kier alpha value is -3.28. The summed E-state index contributed by atoms with van der Waals surface area (Å²) in [5, 5.41) is 23.3. The molecule has 0 radical (unpaired) electrons. The average Bonchev–Trinajstić information content (AvgIpc) is 3.21. The van der Waals surface area contributed by atoms with Crippen LogP contribution in [0, 0.1) is 11.3 Å². The van der Waals surface area contributed by atoms with Crippen LogP contribution in [0.15, 0.2) is 35.5 Å². The molecule has 4 rings (SSSR count). The molecule has 2 aliphatic rings. The monoisotopic (exact) mass is 441 g/mol. The smallest absolute Gasteiger partial charge is 0.258 e. The summed E-state index contributed by atoms with van der Waals surface area (Å²) >= 11 is 6.43. The topological polar surface area (TPSA) is 104 Å². The maximum absolute atomic E-state index is 13.4. The second-order valence-electron chi connectivity index (χ2n) is 7.11. The first-order chi connectivity index (χ1) is 15.1. The molecule has 9 heteroatoms. The van der Waals surface area contributed by atoms with Crippen LogP contribution in [0.2, 0.25) is 5.02 Å². The number of aliphatic hydroxyl groups is 1. The van der Waals surface area contributed by atoms with Crippen LogP contribution in [0.4, 0.5) is 0 Å². The van der Waals surface area contributed by atoms with Crippen molar-refractivity contribution in [1.82, 2.24) is 4.90 Å². The standard InChI is InChI=1S/C22H20ClN3O5/c1-29-25-14-9-15(12-27)26(11-14)22(28)18-6-5-17(20-21(18)31-8-7-30-20)16-4-2-3-13(10-24)19(16)23/h2-6,15,27H,7-9,11-12H2,1H3/b25-14+/t15-/m0/s1. The maximum Gasteiger partial charge on any atom is 0.258 e. The molecule has 2 aliphatic heterocycles. The minimum absolute atomic E-state index is 0.192. The fraction of sp³-hybridized carbons (Fsp3) is 0.318. The van der Waals surface area contributed by atoms with Gasteiger partial charge in [-0.1, -0.05) is 28.9 Å². The molecule has 2 aromatic rings. The molecule has 2 aromatic carbocycles. The Kier molecular flexibility index (Phi) is 5.98. The Morgan fingerprint density at radius 1 is 1.29 bits per heavy atom. The molecule has 31 heavy (non-hydrogen) atoms. The predicted octanol–water partition coefficient (Wildman–Crippen LogP) is 2.86. The molecule has 1 atom stereocenters. The summed E-state index contributed by atoms with van der Waals surface area (Å²) in [5.74, 6) is 0.422. The van der Waals surface area contributed by atoms with Gasteiger partial charge in [0.2, 0.25) is 0 Å². The lowest BCUT2D eigenvalue weighted by molar-refractivity contribution is 0.0670. The Morgan fingerprint density at radius 3 is 2.77 bits per heavy atom. The SMILES string of the molecule is CO/N=C1\C[C@@H](CO)N(C(=O)c2ccc(-c3cccc(C#N)c3Cl)c3c2OCCO3)C1. The van der Waals surface area contributed by atoms with Crippen molar-refractivity contribution in [3.05, 3.63) is 46.5 Å². The summed E-state index contributed by atoms with van der Waals surface area (Å²) < 4.78 is 11.7. The first kappa shape index (κ1) is 21.0. The highest BCUT2D eigenvalue weighted by atomic mass is 35.5. The number of ether oxygens (including phenoxy) is 2. The van der Waals surface area contributed by atoms with E-state index < -0.39 is 6.04 Å². The lowest BCUT2D eigenvalue weighted by atomic mass is 9.98. The molecule has 8 nitrogen and oxygen atoms in total. The van der Waals surface area contributed by atoms with E-state index in [9.17, 15) is 15.2 Å². The van der Waals surface area contributed by atoms with Crippen LogP contribution < -0.4 is 9.47 Å². The molecule has 2 heterocycles. The van der Waals surface area contributed by atoms with Gasteiger partial charge < -0.3 is 24.3 Å². The molecule has 1 amide bonds. The molecular weight excluding hydrogens is 422 g/mol. The number of carbonyl (C=O) groups is 1. The lowest BCUT2D eigenvalue weighted by Gasteiger charge is -2.27. The fourth-order valence-electron chi connectivity index (χ4n) is 3.87. The third kappa shape index (κ3) is 3.78. The van der Waals surface area contributed by atoms with Crippen molar-refractivity contribution in [1.29, 1.82) is 5.26 Å². The minimum Gasteiger partial charge on any atom is -0.485 e. The number of aliphatic hydroxyl groups excluding tert-OH is 1. The van der Waals surface area contributed by atoms with Gasteiger partial charge in [0.1, 0.15) is 26.4 Å². The van der Waals surface area contributed by atoms with E-state index in [-0.39, 0.29) is 19.1 Å². The van der Waals surface area contributed by atoms with E-state index in [0.717, 1.165) is 0 Å². The number of carbonyl (C=O) groups excluding carboxylic acids is 1. The van der Waals surface area contributed by atoms with Crippen molar-refractivity contribution in [2.45, 2.75) is 12.5 Å². The number of oxime groups is 1. The number of rotatable bonds is 4. The predicted molar refractivity (Wildman–Crippen MR) is 114 cm³/mol. The largest absolute Gasteiger partial charge is 0.485 e. The third-order valence-corrected chi connectivity index (χ3v) is 5.69. The van der Waals surface area contributed by atoms with Crippen molar-refractivity contribution in [2.75, 3.05) is 33.5 Å². The van der Waals surface area contributed by atoms with Gasteiger partial charge >= 0.3 is 0 Å². The normalized spacial score (nSPS) is 18.7. The van der Waals surface area contributed by atoms with Crippen molar-refractivity contribution in [3.8, 4) is 28.7 Å². The number of hydrogen-bond acceptors (Lipinski definition) is 7. The lowest BCUT2D eigenvalue weighted by Crippen LogP contribution is -2.38. The number of nitrogens with zero attached hydrogens (tertiary/aromatic N) is 3. The van der Waals surface area contributed by atoms with Crippen molar-refractivity contribution >= 4 is 23.2 Å². The molecule has 160 valence electrons. The fourth-order valence-corrected chi connectivity index (χ4v) is 4.14. The van der Waals surface area contributed by atoms with E-state index >= 15 is 0 Å². The molecule has 1 saturated heterocycles. The molecule has 0 unspecified atom stereocenters. The van der Waals surface area contributed by atoms with Gasteiger partial charge in [-0.2, -0.15) is 5.26 Å². The van der Waals surface area contributed by atoms with Crippen LogP contribution in [0.5, 0.6) is 11.5 Å². The number of halogens is 1. The average molecular weight is 442 g/mol. The van der Waals surface area contributed by atoms with Gasteiger partial charge in [0, 0.05) is 17.5 Å². The van der Waals surface area contributed by atoms with E-state index in [2.05, 4.69) is 11.2 Å². The van der Waals surface area contributed by atoms with Gasteiger partial charge in [-0.05, 0) is 18.2 Å².